The topological polar surface area (TPSA) is 55.4 Å². The number of rotatable bonds is 7. The first-order valence-corrected chi connectivity index (χ1v) is 8.59. The van der Waals surface area contributed by atoms with Gasteiger partial charge in [0.2, 0.25) is 5.91 Å². The van der Waals surface area contributed by atoms with Gasteiger partial charge in [-0.25, -0.2) is 0 Å². The highest BCUT2D eigenvalue weighted by Gasteiger charge is 2.18. The molecule has 0 saturated heterocycles. The number of amides is 1. The maximum Gasteiger partial charge on any atom is 0.306 e. The van der Waals surface area contributed by atoms with Crippen LogP contribution in [0.15, 0.2) is 18.2 Å². The molecule has 1 aromatic rings. The summed E-state index contributed by atoms with van der Waals surface area (Å²) in [6.07, 6.45) is 0.289. The summed E-state index contributed by atoms with van der Waals surface area (Å²) in [5.74, 6) is 0.159. The zero-order valence-corrected chi connectivity index (χ0v) is 15.0. The first-order chi connectivity index (χ1) is 10.3. The molecule has 0 aliphatic carbocycles. The molecule has 0 radical (unpaired) electrons. The van der Waals surface area contributed by atoms with Gasteiger partial charge in [0.25, 0.3) is 0 Å². The summed E-state index contributed by atoms with van der Waals surface area (Å²) in [6, 6.07) is 4.96. The van der Waals surface area contributed by atoms with Crippen molar-refractivity contribution in [2.45, 2.75) is 31.6 Å². The molecule has 2 atom stereocenters. The quantitative estimate of drug-likeness (QED) is 0.747. The number of nitrogens with one attached hydrogen (secondary N) is 1. The molecular formula is C15H19Cl2NO3S. The van der Waals surface area contributed by atoms with Crippen LogP contribution in [0.25, 0.3) is 0 Å². The SMILES string of the molecule is COC(=O)CCS[C@H](C)C(=O)N[C@H](C)c1ccc(Cl)cc1Cl. The molecule has 0 bridgehead atoms. The lowest BCUT2D eigenvalue weighted by atomic mass is 10.1. The first-order valence-electron chi connectivity index (χ1n) is 6.79. The average Bonchev–Trinajstić information content (AvgIpc) is 2.46. The molecule has 0 fully saturated rings. The summed E-state index contributed by atoms with van der Waals surface area (Å²) >= 11 is 13.4. The summed E-state index contributed by atoms with van der Waals surface area (Å²) in [5, 5.41) is 3.71. The van der Waals surface area contributed by atoms with Crippen LogP contribution in [0, 0.1) is 0 Å². The number of carbonyl (C=O) groups is 2. The number of halogens is 2. The molecule has 0 heterocycles. The number of carbonyl (C=O) groups excluding carboxylic acids is 2. The van der Waals surface area contributed by atoms with Gasteiger partial charge in [-0.1, -0.05) is 29.3 Å². The zero-order valence-electron chi connectivity index (χ0n) is 12.7. The molecule has 1 rings (SSSR count). The van der Waals surface area contributed by atoms with Crippen molar-refractivity contribution in [3.63, 3.8) is 0 Å². The van der Waals surface area contributed by atoms with E-state index in [0.717, 1.165) is 5.56 Å². The lowest BCUT2D eigenvalue weighted by Crippen LogP contribution is -2.33. The minimum absolute atomic E-state index is 0.103. The van der Waals surface area contributed by atoms with Gasteiger partial charge in [0.05, 0.1) is 24.8 Å². The van der Waals surface area contributed by atoms with Crippen LogP contribution in [-0.4, -0.2) is 30.0 Å². The van der Waals surface area contributed by atoms with E-state index in [1.165, 1.54) is 18.9 Å². The molecule has 7 heteroatoms. The Morgan fingerprint density at radius 1 is 1.32 bits per heavy atom. The van der Waals surface area contributed by atoms with Crippen molar-refractivity contribution < 1.29 is 14.3 Å². The monoisotopic (exact) mass is 363 g/mol. The molecule has 0 unspecified atom stereocenters. The van der Waals surface area contributed by atoms with Crippen LogP contribution < -0.4 is 5.32 Å². The van der Waals surface area contributed by atoms with Gasteiger partial charge in [-0.3, -0.25) is 9.59 Å². The third kappa shape index (κ3) is 6.07. The lowest BCUT2D eigenvalue weighted by molar-refractivity contribution is -0.140. The number of esters is 1. The van der Waals surface area contributed by atoms with Gasteiger partial charge in [-0.05, 0) is 31.5 Å². The van der Waals surface area contributed by atoms with Crippen LogP contribution in [0.2, 0.25) is 10.0 Å². The van der Waals surface area contributed by atoms with E-state index < -0.39 is 0 Å². The van der Waals surface area contributed by atoms with Crippen molar-refractivity contribution in [2.75, 3.05) is 12.9 Å². The second-order valence-electron chi connectivity index (χ2n) is 4.74. The van der Waals surface area contributed by atoms with E-state index in [2.05, 4.69) is 10.1 Å². The van der Waals surface area contributed by atoms with Crippen LogP contribution in [0.1, 0.15) is 31.9 Å². The highest BCUT2D eigenvalue weighted by atomic mass is 35.5. The molecule has 0 aliphatic heterocycles. The Kier molecular flexibility index (Phi) is 8.07. The van der Waals surface area contributed by atoms with E-state index in [-0.39, 0.29) is 29.6 Å². The number of benzene rings is 1. The fourth-order valence-electron chi connectivity index (χ4n) is 1.76. The highest BCUT2D eigenvalue weighted by Crippen LogP contribution is 2.26. The number of hydrogen-bond donors (Lipinski definition) is 1. The smallest absolute Gasteiger partial charge is 0.306 e. The van der Waals surface area contributed by atoms with Gasteiger partial charge in [0, 0.05) is 15.8 Å². The second-order valence-corrected chi connectivity index (χ2v) is 7.03. The zero-order chi connectivity index (χ0) is 16.7. The van der Waals surface area contributed by atoms with Crippen molar-refractivity contribution in [3.8, 4) is 0 Å². The van der Waals surface area contributed by atoms with Crippen molar-refractivity contribution in [2.24, 2.45) is 0 Å². The molecule has 0 saturated carbocycles. The number of methoxy groups -OCH3 is 1. The lowest BCUT2D eigenvalue weighted by Gasteiger charge is -2.18. The van der Waals surface area contributed by atoms with E-state index in [0.29, 0.717) is 15.8 Å². The normalized spacial score (nSPS) is 13.3. The number of hydrogen-bond acceptors (Lipinski definition) is 4. The largest absolute Gasteiger partial charge is 0.469 e. The molecule has 1 aromatic carbocycles. The summed E-state index contributed by atoms with van der Waals surface area (Å²) in [6.45, 7) is 3.66. The Morgan fingerprint density at radius 3 is 2.59 bits per heavy atom. The van der Waals surface area contributed by atoms with E-state index in [1.54, 1.807) is 25.1 Å². The second kappa shape index (κ2) is 9.28. The minimum atomic E-state index is -0.276. The first kappa shape index (κ1) is 19.1. The Bertz CT molecular complexity index is 540. The minimum Gasteiger partial charge on any atom is -0.469 e. The fraction of sp³-hybridized carbons (Fsp3) is 0.467. The van der Waals surface area contributed by atoms with E-state index >= 15 is 0 Å². The van der Waals surface area contributed by atoms with Crippen molar-refractivity contribution in [1.29, 1.82) is 0 Å². The number of ether oxygens (including phenoxy) is 1. The van der Waals surface area contributed by atoms with Gasteiger partial charge >= 0.3 is 5.97 Å². The predicted molar refractivity (Wildman–Crippen MR) is 91.6 cm³/mol. The molecule has 22 heavy (non-hydrogen) atoms. The highest BCUT2D eigenvalue weighted by molar-refractivity contribution is 8.00. The van der Waals surface area contributed by atoms with Gasteiger partial charge in [0.1, 0.15) is 0 Å². The Labute approximate surface area is 144 Å². The standard InChI is InChI=1S/C15H19Cl2NO3S/c1-9(12-5-4-11(16)8-13(12)17)18-15(20)10(2)22-7-6-14(19)21-3/h4-5,8-10H,6-7H2,1-3H3,(H,18,20)/t9-,10-/m1/s1. The predicted octanol–water partition coefficient (Wildman–Crippen LogP) is 3.86. The van der Waals surface area contributed by atoms with Gasteiger partial charge in [0.15, 0.2) is 0 Å². The van der Waals surface area contributed by atoms with Crippen LogP contribution in [0.5, 0.6) is 0 Å². The van der Waals surface area contributed by atoms with E-state index in [4.69, 9.17) is 23.2 Å². The van der Waals surface area contributed by atoms with Crippen LogP contribution in [-0.2, 0) is 14.3 Å². The van der Waals surface area contributed by atoms with Crippen molar-refractivity contribution >= 4 is 46.8 Å². The fourth-order valence-corrected chi connectivity index (χ4v) is 3.19. The summed E-state index contributed by atoms with van der Waals surface area (Å²) in [5.41, 5.74) is 0.811. The summed E-state index contributed by atoms with van der Waals surface area (Å²) in [7, 11) is 1.35. The number of thioether (sulfide) groups is 1. The van der Waals surface area contributed by atoms with Crippen LogP contribution >= 0.6 is 35.0 Å². The molecule has 1 N–H and O–H groups in total. The maximum atomic E-state index is 12.1. The Balaban J connectivity index is 2.50. The Morgan fingerprint density at radius 2 is 2.00 bits per heavy atom. The van der Waals surface area contributed by atoms with Crippen LogP contribution in [0.4, 0.5) is 0 Å². The molecular weight excluding hydrogens is 345 g/mol. The molecule has 122 valence electrons. The molecule has 4 nitrogen and oxygen atoms in total. The molecule has 1 amide bonds. The maximum absolute atomic E-state index is 12.1. The molecule has 0 spiro atoms. The summed E-state index contributed by atoms with van der Waals surface area (Å²) in [4.78, 5) is 23.2. The Hall–Kier alpha value is -0.910. The molecule has 0 aliphatic rings. The van der Waals surface area contributed by atoms with Crippen LogP contribution in [0.3, 0.4) is 0 Å². The van der Waals surface area contributed by atoms with Gasteiger partial charge < -0.3 is 10.1 Å². The molecule has 0 aromatic heterocycles. The van der Waals surface area contributed by atoms with Gasteiger partial charge in [-0.15, -0.1) is 11.8 Å². The third-order valence-electron chi connectivity index (χ3n) is 3.06. The van der Waals surface area contributed by atoms with E-state index in [9.17, 15) is 9.59 Å². The van der Waals surface area contributed by atoms with Gasteiger partial charge in [-0.2, -0.15) is 0 Å². The average molecular weight is 364 g/mol. The van der Waals surface area contributed by atoms with Crippen molar-refractivity contribution in [1.82, 2.24) is 5.32 Å². The third-order valence-corrected chi connectivity index (χ3v) is 4.78. The van der Waals surface area contributed by atoms with E-state index in [1.807, 2.05) is 6.92 Å². The summed E-state index contributed by atoms with van der Waals surface area (Å²) < 4.78 is 4.56. The van der Waals surface area contributed by atoms with Crippen molar-refractivity contribution in [3.05, 3.63) is 33.8 Å².